The third-order valence-corrected chi connectivity index (χ3v) is 8.37. The molecule has 3 heterocycles. The average Bonchev–Trinajstić information content (AvgIpc) is 3.45. The molecule has 3 aromatic rings. The van der Waals surface area contributed by atoms with Crippen LogP contribution in [0.4, 0.5) is 5.00 Å². The zero-order valence-electron chi connectivity index (χ0n) is 19.8. The van der Waals surface area contributed by atoms with E-state index >= 15 is 0 Å². The van der Waals surface area contributed by atoms with E-state index in [1.165, 1.54) is 22.8 Å². The Kier molecular flexibility index (Phi) is 6.36. The van der Waals surface area contributed by atoms with Gasteiger partial charge in [0.05, 0.1) is 11.8 Å². The molecule has 0 spiro atoms. The van der Waals surface area contributed by atoms with Gasteiger partial charge in [-0.3, -0.25) is 4.79 Å². The van der Waals surface area contributed by atoms with E-state index in [4.69, 9.17) is 9.15 Å². The average molecular weight is 555 g/mol. The highest BCUT2D eigenvalue weighted by Gasteiger charge is 2.37. The Morgan fingerprint density at radius 2 is 2.09 bits per heavy atom. The summed E-state index contributed by atoms with van der Waals surface area (Å²) in [4.78, 5) is 27.0. The Morgan fingerprint density at radius 3 is 2.83 bits per heavy atom. The first-order valence-electron chi connectivity index (χ1n) is 11.6. The van der Waals surface area contributed by atoms with E-state index in [0.29, 0.717) is 23.0 Å². The van der Waals surface area contributed by atoms with Crippen molar-refractivity contribution in [3.63, 3.8) is 0 Å². The minimum Gasteiger partial charge on any atom is -0.465 e. The van der Waals surface area contributed by atoms with Crippen molar-refractivity contribution in [2.75, 3.05) is 5.32 Å². The molecule has 1 aromatic carbocycles. The van der Waals surface area contributed by atoms with Crippen molar-refractivity contribution in [1.82, 2.24) is 5.32 Å². The number of thiophene rings is 1. The molecule has 5 rings (SSSR count). The number of hydrogen-bond donors (Lipinski definition) is 2. The van der Waals surface area contributed by atoms with Gasteiger partial charge in [0.25, 0.3) is 5.91 Å². The van der Waals surface area contributed by atoms with Crippen LogP contribution in [0.3, 0.4) is 0 Å². The monoisotopic (exact) mass is 554 g/mol. The predicted octanol–water partition coefficient (Wildman–Crippen LogP) is 6.73. The van der Waals surface area contributed by atoms with E-state index < -0.39 is 12.1 Å². The van der Waals surface area contributed by atoms with Crippen LogP contribution in [-0.2, 0) is 17.6 Å². The minimum atomic E-state index is -0.535. The molecule has 6 nitrogen and oxygen atoms in total. The van der Waals surface area contributed by atoms with Crippen molar-refractivity contribution >= 4 is 50.2 Å². The fourth-order valence-electron chi connectivity index (χ4n) is 4.71. The maximum atomic E-state index is 13.2. The van der Waals surface area contributed by atoms with Gasteiger partial charge in [0.2, 0.25) is 0 Å². The van der Waals surface area contributed by atoms with Crippen LogP contribution < -0.4 is 15.4 Å². The summed E-state index contributed by atoms with van der Waals surface area (Å²) in [6, 6.07) is 8.86. The van der Waals surface area contributed by atoms with Gasteiger partial charge in [0.1, 0.15) is 22.7 Å². The Morgan fingerprint density at radius 1 is 1.26 bits per heavy atom. The van der Waals surface area contributed by atoms with E-state index in [0.717, 1.165) is 34.3 Å². The first-order valence-corrected chi connectivity index (χ1v) is 13.2. The van der Waals surface area contributed by atoms with Crippen LogP contribution in [0.2, 0.25) is 0 Å². The molecule has 0 unspecified atom stereocenters. The van der Waals surface area contributed by atoms with Crippen LogP contribution in [0.1, 0.15) is 65.5 Å². The highest BCUT2D eigenvalue weighted by atomic mass is 79.9. The van der Waals surface area contributed by atoms with E-state index in [1.54, 1.807) is 41.7 Å². The van der Waals surface area contributed by atoms with Crippen molar-refractivity contribution < 1.29 is 18.7 Å². The number of nitrogens with one attached hydrogen (secondary N) is 2. The molecule has 0 radical (unpaired) electrons. The summed E-state index contributed by atoms with van der Waals surface area (Å²) < 4.78 is 11.7. The molecule has 2 N–H and O–H groups in total. The lowest BCUT2D eigenvalue weighted by molar-refractivity contribution is -0.128. The van der Waals surface area contributed by atoms with E-state index in [2.05, 4.69) is 47.3 Å². The Bertz CT molecular complexity index is 1300. The van der Waals surface area contributed by atoms with E-state index in [-0.39, 0.29) is 11.3 Å². The van der Waals surface area contributed by atoms with Crippen molar-refractivity contribution in [2.24, 2.45) is 11.3 Å². The summed E-state index contributed by atoms with van der Waals surface area (Å²) in [7, 11) is 0. The topological polar surface area (TPSA) is 80.6 Å². The number of carbonyl (C=O) groups excluding carboxylic acids is 2. The van der Waals surface area contributed by atoms with Crippen molar-refractivity contribution in [1.29, 1.82) is 0 Å². The second kappa shape index (κ2) is 9.32. The number of halogens is 1. The molecule has 1 aliphatic carbocycles. The lowest BCUT2D eigenvalue weighted by Gasteiger charge is -2.34. The van der Waals surface area contributed by atoms with Gasteiger partial charge < -0.3 is 19.8 Å². The number of benzene rings is 1. The summed E-state index contributed by atoms with van der Waals surface area (Å²) in [6.07, 6.45) is 6.89. The van der Waals surface area contributed by atoms with Gasteiger partial charge in [-0.2, -0.15) is 0 Å². The molecule has 0 fully saturated rings. The third-order valence-electron chi connectivity index (χ3n) is 6.69. The van der Waals surface area contributed by atoms with Crippen LogP contribution >= 0.6 is 27.3 Å². The van der Waals surface area contributed by atoms with E-state index in [1.807, 2.05) is 6.07 Å². The van der Waals surface area contributed by atoms with Crippen molar-refractivity contribution in [2.45, 2.75) is 46.2 Å². The lowest BCUT2D eigenvalue weighted by Crippen LogP contribution is -2.38. The second-order valence-electron chi connectivity index (χ2n) is 10.0. The molecule has 0 saturated heterocycles. The molecule has 2 aliphatic rings. The summed E-state index contributed by atoms with van der Waals surface area (Å²) >= 11 is 5.18. The normalized spacial score (nSPS) is 19.6. The first kappa shape index (κ1) is 23.9. The number of hydrogen-bond acceptors (Lipinski definition) is 6. The Hall–Kier alpha value is -2.84. The molecular weight excluding hydrogens is 528 g/mol. The van der Waals surface area contributed by atoms with E-state index in [9.17, 15) is 9.59 Å². The zero-order chi connectivity index (χ0) is 24.7. The van der Waals surface area contributed by atoms with Crippen LogP contribution in [-0.4, -0.2) is 11.9 Å². The van der Waals surface area contributed by atoms with Crippen LogP contribution in [0.5, 0.6) is 5.75 Å². The minimum absolute atomic E-state index is 0.0922. The van der Waals surface area contributed by atoms with Crippen molar-refractivity contribution in [3.05, 3.63) is 74.5 Å². The number of amides is 1. The van der Waals surface area contributed by atoms with Gasteiger partial charge in [-0.05, 0) is 72.6 Å². The quantitative estimate of drug-likeness (QED) is 0.212. The Labute approximate surface area is 216 Å². The summed E-state index contributed by atoms with van der Waals surface area (Å²) in [5, 5.41) is 7.45. The maximum Gasteiger partial charge on any atom is 0.336 e. The maximum absolute atomic E-state index is 13.2. The van der Waals surface area contributed by atoms with Gasteiger partial charge in [0.15, 0.2) is 0 Å². The molecule has 1 aliphatic heterocycles. The second-order valence-corrected chi connectivity index (χ2v) is 12.0. The number of ether oxygens (including phenoxy) is 1. The number of anilines is 1. The standard InChI is InChI=1S/C27H27BrN2O4S/c1-27(2,3)15-6-9-18-21(13-15)35-26-23(18)25(32)29-24(30-26)19-14-16(28)7-10-20(19)34-22(31)11-8-17-5-4-12-33-17/h4-5,7-8,10-12,14-15,24,30H,6,9,13H2,1-3H3,(H,29,32)/b11-8+/t15-,24-/m0/s1. The van der Waals surface area contributed by atoms with Gasteiger partial charge in [-0.25, -0.2) is 4.79 Å². The fraction of sp³-hybridized carbons (Fsp3) is 0.333. The molecule has 2 atom stereocenters. The van der Waals surface area contributed by atoms with Gasteiger partial charge in [-0.15, -0.1) is 11.3 Å². The Balaban J connectivity index is 1.40. The fourth-order valence-corrected chi connectivity index (χ4v) is 6.44. The molecule has 35 heavy (non-hydrogen) atoms. The SMILES string of the molecule is CC(C)(C)[C@H]1CCc2c(sc3c2C(=O)N[C@H](c2cc(Br)ccc2OC(=O)/C=C/c2ccco2)N3)C1. The highest BCUT2D eigenvalue weighted by molar-refractivity contribution is 9.10. The number of rotatable bonds is 4. The molecule has 8 heteroatoms. The summed E-state index contributed by atoms with van der Waals surface area (Å²) in [6.45, 7) is 6.87. The van der Waals surface area contributed by atoms with Crippen LogP contribution in [0, 0.1) is 11.3 Å². The van der Waals surface area contributed by atoms with Gasteiger partial charge >= 0.3 is 5.97 Å². The number of carbonyl (C=O) groups is 2. The molecule has 182 valence electrons. The molecule has 2 aromatic heterocycles. The summed E-state index contributed by atoms with van der Waals surface area (Å²) in [5.41, 5.74) is 2.85. The molecule has 1 amide bonds. The third kappa shape index (κ3) is 4.95. The predicted molar refractivity (Wildman–Crippen MR) is 141 cm³/mol. The number of fused-ring (bicyclic) bond motifs is 3. The molecular formula is C27H27BrN2O4S. The highest BCUT2D eigenvalue weighted by Crippen LogP contribution is 2.46. The molecule has 0 bridgehead atoms. The summed E-state index contributed by atoms with van der Waals surface area (Å²) in [5.74, 6) is 0.900. The number of furan rings is 1. The first-order chi connectivity index (χ1) is 16.7. The van der Waals surface area contributed by atoms with Crippen molar-refractivity contribution in [3.8, 4) is 5.75 Å². The molecule has 0 saturated carbocycles. The number of esters is 1. The largest absolute Gasteiger partial charge is 0.465 e. The van der Waals surface area contributed by atoms with Crippen LogP contribution in [0.25, 0.3) is 6.08 Å². The zero-order valence-corrected chi connectivity index (χ0v) is 22.2. The van der Waals surface area contributed by atoms with Gasteiger partial charge in [-0.1, -0.05) is 36.7 Å². The lowest BCUT2D eigenvalue weighted by atomic mass is 9.72. The smallest absolute Gasteiger partial charge is 0.336 e. The van der Waals surface area contributed by atoms with Gasteiger partial charge in [0, 0.05) is 21.0 Å². The van der Waals surface area contributed by atoms with Crippen LogP contribution in [0.15, 0.2) is 51.6 Å².